The lowest BCUT2D eigenvalue weighted by Crippen LogP contribution is -2.38. The number of para-hydroxylation sites is 1. The first-order valence-corrected chi connectivity index (χ1v) is 9.22. The van der Waals surface area contributed by atoms with Crippen LogP contribution >= 0.6 is 12.6 Å². The van der Waals surface area contributed by atoms with Gasteiger partial charge < -0.3 is 5.32 Å². The van der Waals surface area contributed by atoms with E-state index in [0.717, 1.165) is 29.8 Å². The van der Waals surface area contributed by atoms with Gasteiger partial charge >= 0.3 is 0 Å². The SMILES string of the molecule is CCCCCCC1(C(=O)Nc2ccccc2S)CCCCC1. The van der Waals surface area contributed by atoms with Crippen molar-refractivity contribution in [1.82, 2.24) is 0 Å². The van der Waals surface area contributed by atoms with E-state index >= 15 is 0 Å². The molecule has 1 aliphatic carbocycles. The van der Waals surface area contributed by atoms with E-state index < -0.39 is 0 Å². The predicted octanol–water partition coefficient (Wildman–Crippen LogP) is 5.83. The van der Waals surface area contributed by atoms with Gasteiger partial charge in [-0.1, -0.05) is 64.0 Å². The van der Waals surface area contributed by atoms with E-state index in [2.05, 4.69) is 24.9 Å². The van der Waals surface area contributed by atoms with Gasteiger partial charge in [-0.25, -0.2) is 0 Å². The summed E-state index contributed by atoms with van der Waals surface area (Å²) in [5, 5.41) is 3.15. The predicted molar refractivity (Wildman–Crippen MR) is 96.6 cm³/mol. The minimum atomic E-state index is -0.151. The molecule has 0 bridgehead atoms. The van der Waals surface area contributed by atoms with Crippen LogP contribution in [-0.2, 0) is 4.79 Å². The van der Waals surface area contributed by atoms with Crippen molar-refractivity contribution < 1.29 is 4.79 Å². The standard InChI is InChI=1S/C19H29NOS/c1-2-3-4-8-13-19(14-9-5-10-15-19)18(21)20-16-11-6-7-12-17(16)22/h6-7,11-12,22H,2-5,8-10,13-15H2,1H3,(H,20,21). The van der Waals surface area contributed by atoms with Crippen LogP contribution in [0.3, 0.4) is 0 Å². The van der Waals surface area contributed by atoms with Crippen LogP contribution in [0, 0.1) is 5.41 Å². The zero-order chi connectivity index (χ0) is 15.8. The fourth-order valence-electron chi connectivity index (χ4n) is 3.54. The second kappa shape index (κ2) is 8.61. The fourth-order valence-corrected chi connectivity index (χ4v) is 3.76. The van der Waals surface area contributed by atoms with Gasteiger partial charge in [-0.05, 0) is 31.4 Å². The van der Waals surface area contributed by atoms with Crippen molar-refractivity contribution in [3.63, 3.8) is 0 Å². The average Bonchev–Trinajstić information content (AvgIpc) is 2.54. The van der Waals surface area contributed by atoms with Gasteiger partial charge in [0, 0.05) is 10.3 Å². The average molecular weight is 320 g/mol. The van der Waals surface area contributed by atoms with Crippen molar-refractivity contribution in [2.75, 3.05) is 5.32 Å². The molecule has 3 heteroatoms. The second-order valence-electron chi connectivity index (χ2n) is 6.62. The summed E-state index contributed by atoms with van der Waals surface area (Å²) in [5.74, 6) is 0.213. The van der Waals surface area contributed by atoms with Gasteiger partial charge in [-0.15, -0.1) is 12.6 Å². The molecule has 1 N–H and O–H groups in total. The van der Waals surface area contributed by atoms with Crippen LogP contribution in [0.4, 0.5) is 5.69 Å². The Kier molecular flexibility index (Phi) is 6.81. The number of thiol groups is 1. The number of nitrogens with one attached hydrogen (secondary N) is 1. The fraction of sp³-hybridized carbons (Fsp3) is 0.632. The first-order valence-electron chi connectivity index (χ1n) is 8.77. The summed E-state index contributed by atoms with van der Waals surface area (Å²) in [4.78, 5) is 13.8. The van der Waals surface area contributed by atoms with Gasteiger partial charge in [0.1, 0.15) is 0 Å². The first kappa shape index (κ1) is 17.4. The molecule has 0 aliphatic heterocycles. The summed E-state index contributed by atoms with van der Waals surface area (Å²) in [5.41, 5.74) is 0.691. The molecule has 0 saturated heterocycles. The van der Waals surface area contributed by atoms with Crippen LogP contribution in [0.15, 0.2) is 29.2 Å². The van der Waals surface area contributed by atoms with Crippen LogP contribution in [0.5, 0.6) is 0 Å². The lowest BCUT2D eigenvalue weighted by atomic mass is 9.70. The zero-order valence-corrected chi connectivity index (χ0v) is 14.6. The van der Waals surface area contributed by atoms with E-state index in [9.17, 15) is 4.79 Å². The maximum Gasteiger partial charge on any atom is 0.230 e. The van der Waals surface area contributed by atoms with Gasteiger partial charge in [0.05, 0.1) is 5.69 Å². The Morgan fingerprint density at radius 3 is 2.55 bits per heavy atom. The molecule has 1 amide bonds. The number of carbonyl (C=O) groups is 1. The summed E-state index contributed by atoms with van der Waals surface area (Å²) < 4.78 is 0. The molecule has 0 spiro atoms. The van der Waals surface area contributed by atoms with Crippen LogP contribution in [0.1, 0.15) is 71.1 Å². The molecule has 0 atom stereocenters. The largest absolute Gasteiger partial charge is 0.325 e. The van der Waals surface area contributed by atoms with Gasteiger partial charge in [0.25, 0.3) is 0 Å². The van der Waals surface area contributed by atoms with Crippen LogP contribution < -0.4 is 5.32 Å². The van der Waals surface area contributed by atoms with Crippen molar-refractivity contribution in [2.45, 2.75) is 76.0 Å². The molecular weight excluding hydrogens is 290 g/mol. The Morgan fingerprint density at radius 1 is 1.14 bits per heavy atom. The molecule has 0 heterocycles. The van der Waals surface area contributed by atoms with E-state index in [1.807, 2.05) is 24.3 Å². The van der Waals surface area contributed by atoms with Crippen molar-refractivity contribution in [3.8, 4) is 0 Å². The minimum Gasteiger partial charge on any atom is -0.325 e. The Hall–Kier alpha value is -0.960. The lowest BCUT2D eigenvalue weighted by molar-refractivity contribution is -0.128. The van der Waals surface area contributed by atoms with Gasteiger partial charge in [-0.2, -0.15) is 0 Å². The Morgan fingerprint density at radius 2 is 1.86 bits per heavy atom. The maximum absolute atomic E-state index is 13.0. The maximum atomic E-state index is 13.0. The molecule has 0 radical (unpaired) electrons. The molecule has 1 aromatic carbocycles. The highest BCUT2D eigenvalue weighted by Crippen LogP contribution is 2.42. The Balaban J connectivity index is 2.04. The number of hydrogen-bond acceptors (Lipinski definition) is 2. The number of anilines is 1. The number of amides is 1. The van der Waals surface area contributed by atoms with E-state index in [1.54, 1.807) is 0 Å². The Bertz CT molecular complexity index is 480. The lowest BCUT2D eigenvalue weighted by Gasteiger charge is -2.36. The summed E-state index contributed by atoms with van der Waals surface area (Å²) in [6.45, 7) is 2.23. The molecule has 22 heavy (non-hydrogen) atoms. The van der Waals surface area contributed by atoms with Crippen molar-refractivity contribution in [1.29, 1.82) is 0 Å². The number of rotatable bonds is 7. The van der Waals surface area contributed by atoms with Crippen molar-refractivity contribution in [2.24, 2.45) is 5.41 Å². The topological polar surface area (TPSA) is 29.1 Å². The van der Waals surface area contributed by atoms with E-state index in [0.29, 0.717) is 0 Å². The quantitative estimate of drug-likeness (QED) is 0.480. The van der Waals surface area contributed by atoms with Crippen molar-refractivity contribution >= 4 is 24.2 Å². The van der Waals surface area contributed by atoms with E-state index in [1.165, 1.54) is 44.9 Å². The number of hydrogen-bond donors (Lipinski definition) is 2. The molecule has 1 saturated carbocycles. The third-order valence-corrected chi connectivity index (χ3v) is 5.34. The zero-order valence-electron chi connectivity index (χ0n) is 13.7. The monoisotopic (exact) mass is 319 g/mol. The molecular formula is C19H29NOS. The molecule has 1 fully saturated rings. The number of carbonyl (C=O) groups excluding carboxylic acids is 1. The molecule has 1 aromatic rings. The molecule has 0 unspecified atom stereocenters. The third kappa shape index (κ3) is 4.52. The minimum absolute atomic E-state index is 0.151. The first-order chi connectivity index (χ1) is 10.7. The van der Waals surface area contributed by atoms with E-state index in [4.69, 9.17) is 0 Å². The summed E-state index contributed by atoms with van der Waals surface area (Å²) in [6.07, 6.45) is 11.7. The van der Waals surface area contributed by atoms with Crippen LogP contribution in [0.25, 0.3) is 0 Å². The van der Waals surface area contributed by atoms with Gasteiger partial charge in [0.2, 0.25) is 5.91 Å². The molecule has 122 valence electrons. The molecule has 2 nitrogen and oxygen atoms in total. The number of unbranched alkanes of at least 4 members (excludes halogenated alkanes) is 3. The third-order valence-electron chi connectivity index (χ3n) is 4.95. The summed E-state index contributed by atoms with van der Waals surface area (Å²) in [7, 11) is 0. The van der Waals surface area contributed by atoms with Gasteiger partial charge in [0.15, 0.2) is 0 Å². The molecule has 2 rings (SSSR count). The smallest absolute Gasteiger partial charge is 0.230 e. The highest BCUT2D eigenvalue weighted by molar-refractivity contribution is 7.80. The van der Waals surface area contributed by atoms with Gasteiger partial charge in [-0.3, -0.25) is 4.79 Å². The van der Waals surface area contributed by atoms with Crippen LogP contribution in [0.2, 0.25) is 0 Å². The molecule has 0 aromatic heterocycles. The van der Waals surface area contributed by atoms with Crippen LogP contribution in [-0.4, -0.2) is 5.91 Å². The Labute approximate surface area is 140 Å². The highest BCUT2D eigenvalue weighted by Gasteiger charge is 2.38. The van der Waals surface area contributed by atoms with Crippen molar-refractivity contribution in [3.05, 3.63) is 24.3 Å². The highest BCUT2D eigenvalue weighted by atomic mass is 32.1. The number of benzene rings is 1. The summed E-state index contributed by atoms with van der Waals surface area (Å²) in [6, 6.07) is 7.75. The second-order valence-corrected chi connectivity index (χ2v) is 7.10. The normalized spacial score (nSPS) is 17.2. The van der Waals surface area contributed by atoms with E-state index in [-0.39, 0.29) is 11.3 Å². The molecule has 1 aliphatic rings. The summed E-state index contributed by atoms with van der Waals surface area (Å²) >= 11 is 4.45.